The summed E-state index contributed by atoms with van der Waals surface area (Å²) in [6.45, 7) is 4.92. The zero-order chi connectivity index (χ0) is 20.2. The van der Waals surface area contributed by atoms with E-state index >= 15 is 0 Å². The van der Waals surface area contributed by atoms with Gasteiger partial charge in [-0.2, -0.15) is 5.10 Å². The van der Waals surface area contributed by atoms with Crippen LogP contribution in [0, 0.1) is 0 Å². The predicted octanol–water partition coefficient (Wildman–Crippen LogP) is 2.44. The van der Waals surface area contributed by atoms with Gasteiger partial charge in [-0.1, -0.05) is 18.9 Å². The Morgan fingerprint density at radius 2 is 1.75 bits per heavy atom. The van der Waals surface area contributed by atoms with Gasteiger partial charge in [0.1, 0.15) is 0 Å². The highest BCUT2D eigenvalue weighted by atomic mass is 16.5. The van der Waals surface area contributed by atoms with Crippen molar-refractivity contribution in [1.82, 2.24) is 14.5 Å². The Hall–Kier alpha value is -2.71. The Kier molecular flexibility index (Phi) is 9.17. The topological polar surface area (TPSA) is 104 Å². The summed E-state index contributed by atoms with van der Waals surface area (Å²) in [4.78, 5) is 21.6. The van der Waals surface area contributed by atoms with Crippen molar-refractivity contribution in [2.24, 2.45) is 0 Å². The van der Waals surface area contributed by atoms with Crippen molar-refractivity contribution >= 4 is 17.5 Å². The molecule has 0 aliphatic carbocycles. The minimum absolute atomic E-state index is 0.558. The van der Waals surface area contributed by atoms with Gasteiger partial charge in [-0.3, -0.25) is 0 Å². The van der Waals surface area contributed by atoms with Gasteiger partial charge >= 0.3 is 11.9 Å². The van der Waals surface area contributed by atoms with Gasteiger partial charge in [0.25, 0.3) is 0 Å². The zero-order valence-electron chi connectivity index (χ0n) is 15.9. The lowest BCUT2D eigenvalue weighted by Gasteiger charge is -2.19. The van der Waals surface area contributed by atoms with E-state index in [0.717, 1.165) is 24.4 Å². The summed E-state index contributed by atoms with van der Waals surface area (Å²) in [5.41, 5.74) is 2.13. The average molecular weight is 389 g/mol. The number of ether oxygens (including phenoxy) is 1. The Balaban J connectivity index is 0.000000300. The lowest BCUT2D eigenvalue weighted by atomic mass is 10.2. The molecule has 2 N–H and O–H groups in total. The van der Waals surface area contributed by atoms with E-state index in [-0.39, 0.29) is 0 Å². The number of nitrogens with zero attached hydrogens (tertiary/aromatic N) is 3. The van der Waals surface area contributed by atoms with Crippen LogP contribution in [0.5, 0.6) is 0 Å². The molecule has 0 unspecified atom stereocenters. The van der Waals surface area contributed by atoms with Gasteiger partial charge < -0.3 is 19.8 Å². The maximum Gasteiger partial charge on any atom is 0.328 e. The number of aliphatic carboxylic acids is 2. The molecular formula is C20H27N3O5. The molecule has 8 heteroatoms. The van der Waals surface area contributed by atoms with Crippen molar-refractivity contribution in [3.8, 4) is 0 Å². The van der Waals surface area contributed by atoms with Gasteiger partial charge in [-0.15, -0.1) is 0 Å². The number of likely N-dealkylation sites (tertiary alicyclic amines) is 1. The zero-order valence-corrected chi connectivity index (χ0v) is 15.9. The fourth-order valence-corrected chi connectivity index (χ4v) is 2.93. The predicted molar refractivity (Wildman–Crippen MR) is 104 cm³/mol. The summed E-state index contributed by atoms with van der Waals surface area (Å²) in [6.07, 6.45) is 8.54. The summed E-state index contributed by atoms with van der Waals surface area (Å²) in [7, 11) is 0. The number of hydrogen-bond donors (Lipinski definition) is 2. The first-order chi connectivity index (χ1) is 13.5. The molecule has 1 aliphatic rings. The molecule has 2 aromatic heterocycles. The van der Waals surface area contributed by atoms with Crippen molar-refractivity contribution in [3.63, 3.8) is 0 Å². The molecule has 28 heavy (non-hydrogen) atoms. The lowest BCUT2D eigenvalue weighted by molar-refractivity contribution is -0.134. The number of carbonyl (C=O) groups is 2. The fourth-order valence-electron chi connectivity index (χ4n) is 2.93. The Labute approximate surface area is 164 Å². The number of carboxylic acids is 2. The second-order valence-corrected chi connectivity index (χ2v) is 6.52. The Morgan fingerprint density at radius 1 is 1.07 bits per heavy atom. The molecule has 0 bridgehead atoms. The molecule has 3 heterocycles. The van der Waals surface area contributed by atoms with E-state index < -0.39 is 11.9 Å². The highest BCUT2D eigenvalue weighted by Crippen LogP contribution is 2.10. The van der Waals surface area contributed by atoms with Gasteiger partial charge in [-0.25, -0.2) is 14.1 Å². The van der Waals surface area contributed by atoms with Gasteiger partial charge in [0.15, 0.2) is 0 Å². The Morgan fingerprint density at radius 3 is 2.36 bits per heavy atom. The number of hydrogen-bond acceptors (Lipinski definition) is 5. The molecule has 0 amide bonds. The number of rotatable bonds is 7. The van der Waals surface area contributed by atoms with Crippen molar-refractivity contribution in [1.29, 1.82) is 0 Å². The fraction of sp³-hybridized carbons (Fsp3) is 0.450. The quantitative estimate of drug-likeness (QED) is 0.553. The minimum Gasteiger partial charge on any atom is -0.478 e. The summed E-state index contributed by atoms with van der Waals surface area (Å²) in [6, 6.07) is 8.17. The molecule has 1 fully saturated rings. The molecule has 8 nitrogen and oxygen atoms in total. The standard InChI is InChI=1S/C16H23N3O.C4H4O4/c1-2-5-9-18(8-4-1)11-12-20-14-15-13-16-7-3-6-10-19(16)17-15;5-3(6)1-2-4(7)8/h3,6-7,10,13H,1-2,4-5,8-9,11-12,14H2;1-2H,(H,5,6)(H,7,8)/b;2-1-. The van der Waals surface area contributed by atoms with E-state index in [1.54, 1.807) is 0 Å². The normalized spacial score (nSPS) is 15.1. The molecule has 0 spiro atoms. The number of fused-ring (bicyclic) bond motifs is 1. The van der Waals surface area contributed by atoms with E-state index in [4.69, 9.17) is 14.9 Å². The van der Waals surface area contributed by atoms with Crippen molar-refractivity contribution in [3.05, 3.63) is 48.3 Å². The molecule has 0 atom stereocenters. The smallest absolute Gasteiger partial charge is 0.328 e. The monoisotopic (exact) mass is 389 g/mol. The van der Waals surface area contributed by atoms with Crippen LogP contribution in [-0.2, 0) is 20.9 Å². The SMILES string of the molecule is O=C(O)/C=C\C(=O)O.c1ccn2nc(COCCN3CCCCCC3)cc2c1. The highest BCUT2D eigenvalue weighted by molar-refractivity contribution is 5.89. The van der Waals surface area contributed by atoms with Gasteiger partial charge in [0.2, 0.25) is 0 Å². The summed E-state index contributed by atoms with van der Waals surface area (Å²) >= 11 is 0. The molecule has 152 valence electrons. The van der Waals surface area contributed by atoms with Gasteiger partial charge in [0.05, 0.1) is 24.4 Å². The van der Waals surface area contributed by atoms with Gasteiger partial charge in [-0.05, 0) is 44.1 Å². The minimum atomic E-state index is -1.26. The largest absolute Gasteiger partial charge is 0.478 e. The second-order valence-electron chi connectivity index (χ2n) is 6.52. The van der Waals surface area contributed by atoms with Crippen LogP contribution in [0.3, 0.4) is 0 Å². The first kappa shape index (κ1) is 21.6. The van der Waals surface area contributed by atoms with E-state index in [2.05, 4.69) is 22.1 Å². The first-order valence-electron chi connectivity index (χ1n) is 9.42. The lowest BCUT2D eigenvalue weighted by Crippen LogP contribution is -2.28. The molecule has 0 aromatic carbocycles. The number of aromatic nitrogens is 2. The molecule has 1 saturated heterocycles. The van der Waals surface area contributed by atoms with E-state index in [9.17, 15) is 9.59 Å². The van der Waals surface area contributed by atoms with Crippen molar-refractivity contribution < 1.29 is 24.5 Å². The van der Waals surface area contributed by atoms with E-state index in [1.165, 1.54) is 38.8 Å². The number of pyridine rings is 1. The maximum atomic E-state index is 9.55. The average Bonchev–Trinajstić information content (AvgIpc) is 2.90. The van der Waals surface area contributed by atoms with Crippen molar-refractivity contribution in [2.45, 2.75) is 32.3 Å². The van der Waals surface area contributed by atoms with Crippen LogP contribution < -0.4 is 0 Å². The van der Waals surface area contributed by atoms with E-state index in [1.807, 2.05) is 22.8 Å². The third kappa shape index (κ3) is 8.32. The van der Waals surface area contributed by atoms with Crippen LogP contribution in [-0.4, -0.2) is 62.9 Å². The van der Waals surface area contributed by atoms with Gasteiger partial charge in [0, 0.05) is 24.9 Å². The van der Waals surface area contributed by atoms with Crippen LogP contribution >= 0.6 is 0 Å². The van der Waals surface area contributed by atoms with Crippen LogP contribution in [0.1, 0.15) is 31.4 Å². The molecule has 3 rings (SSSR count). The molecule has 2 aromatic rings. The summed E-state index contributed by atoms with van der Waals surface area (Å²) in [5.74, 6) is -2.51. The second kappa shape index (κ2) is 11.9. The van der Waals surface area contributed by atoms with Crippen LogP contribution in [0.4, 0.5) is 0 Å². The molecule has 0 saturated carbocycles. The third-order valence-electron chi connectivity index (χ3n) is 4.29. The van der Waals surface area contributed by atoms with Crippen LogP contribution in [0.25, 0.3) is 5.52 Å². The summed E-state index contributed by atoms with van der Waals surface area (Å²) < 4.78 is 7.67. The van der Waals surface area contributed by atoms with Crippen molar-refractivity contribution in [2.75, 3.05) is 26.2 Å². The number of carboxylic acid groups (broad SMARTS) is 2. The van der Waals surface area contributed by atoms with Crippen LogP contribution in [0.2, 0.25) is 0 Å². The third-order valence-corrected chi connectivity index (χ3v) is 4.29. The van der Waals surface area contributed by atoms with E-state index in [0.29, 0.717) is 18.8 Å². The van der Waals surface area contributed by atoms with Crippen LogP contribution in [0.15, 0.2) is 42.6 Å². The maximum absolute atomic E-state index is 9.55. The highest BCUT2D eigenvalue weighted by Gasteiger charge is 2.08. The molecule has 1 aliphatic heterocycles. The Bertz CT molecular complexity index is 730. The summed E-state index contributed by atoms with van der Waals surface area (Å²) in [5, 5.41) is 20.1. The molecular weight excluding hydrogens is 362 g/mol. The first-order valence-corrected chi connectivity index (χ1v) is 9.42. The molecule has 0 radical (unpaired) electrons.